The van der Waals surface area contributed by atoms with Crippen LogP contribution in [0.4, 0.5) is 0 Å². The molecule has 4 rings (SSSR count). The van der Waals surface area contributed by atoms with Crippen molar-refractivity contribution < 1.29 is 19.4 Å². The van der Waals surface area contributed by atoms with Gasteiger partial charge in [0.2, 0.25) is 5.91 Å². The maximum atomic E-state index is 12.6. The summed E-state index contributed by atoms with van der Waals surface area (Å²) in [5.41, 5.74) is 1.62. The van der Waals surface area contributed by atoms with E-state index in [0.717, 1.165) is 37.8 Å². The minimum atomic E-state index is 0.0161. The highest BCUT2D eigenvalue weighted by atomic mass is 16.5. The van der Waals surface area contributed by atoms with Gasteiger partial charge in [0, 0.05) is 37.7 Å². The molecule has 2 aliphatic heterocycles. The van der Waals surface area contributed by atoms with Crippen molar-refractivity contribution in [3.8, 4) is 5.75 Å². The first-order chi connectivity index (χ1) is 12.6. The molecule has 6 heteroatoms. The Balaban J connectivity index is 1.29. The van der Waals surface area contributed by atoms with Crippen molar-refractivity contribution in [3.63, 3.8) is 0 Å². The van der Waals surface area contributed by atoms with E-state index >= 15 is 0 Å². The number of carbonyl (C=O) groups excluding carboxylic acids is 2. The predicted octanol–water partition coefficient (Wildman–Crippen LogP) is 2.01. The lowest BCUT2D eigenvalue weighted by Crippen LogP contribution is -2.44. The lowest BCUT2D eigenvalue weighted by Gasteiger charge is -2.34. The van der Waals surface area contributed by atoms with Crippen LogP contribution in [0.2, 0.25) is 0 Å². The van der Waals surface area contributed by atoms with E-state index in [1.807, 2.05) is 15.9 Å². The summed E-state index contributed by atoms with van der Waals surface area (Å²) in [6, 6.07) is 5.04. The Morgan fingerprint density at radius 1 is 1.15 bits per heavy atom. The van der Waals surface area contributed by atoms with Gasteiger partial charge in [0.15, 0.2) is 0 Å². The van der Waals surface area contributed by atoms with Gasteiger partial charge < -0.3 is 19.6 Å². The van der Waals surface area contributed by atoms with Crippen LogP contribution in [0.3, 0.4) is 0 Å². The highest BCUT2D eigenvalue weighted by molar-refractivity contribution is 5.98. The number of morpholine rings is 1. The number of hydrogen-bond acceptors (Lipinski definition) is 4. The van der Waals surface area contributed by atoms with Crippen LogP contribution in [0.5, 0.6) is 5.75 Å². The summed E-state index contributed by atoms with van der Waals surface area (Å²) < 4.78 is 5.33. The van der Waals surface area contributed by atoms with Crippen LogP contribution in [0, 0.1) is 11.8 Å². The van der Waals surface area contributed by atoms with Gasteiger partial charge in [0.25, 0.3) is 5.91 Å². The average molecular weight is 358 g/mol. The van der Waals surface area contributed by atoms with Gasteiger partial charge in [0.05, 0.1) is 13.2 Å². The van der Waals surface area contributed by atoms with Crippen molar-refractivity contribution in [2.45, 2.75) is 32.2 Å². The van der Waals surface area contributed by atoms with Gasteiger partial charge in [-0.1, -0.05) is 6.07 Å². The molecule has 0 unspecified atom stereocenters. The Hall–Kier alpha value is -2.08. The number of hydrogen-bond donors (Lipinski definition) is 1. The molecule has 2 amide bonds. The highest BCUT2D eigenvalue weighted by Gasteiger charge is 2.33. The van der Waals surface area contributed by atoms with Crippen LogP contribution in [-0.4, -0.2) is 59.6 Å². The number of amides is 2. The van der Waals surface area contributed by atoms with E-state index in [2.05, 4.69) is 0 Å². The van der Waals surface area contributed by atoms with Crippen molar-refractivity contribution in [3.05, 3.63) is 29.3 Å². The summed E-state index contributed by atoms with van der Waals surface area (Å²) in [5, 5.41) is 9.60. The van der Waals surface area contributed by atoms with Crippen LogP contribution < -0.4 is 0 Å². The number of rotatable bonds is 3. The second-order valence-electron chi connectivity index (χ2n) is 7.68. The lowest BCUT2D eigenvalue weighted by atomic mass is 9.81. The summed E-state index contributed by atoms with van der Waals surface area (Å²) in [5.74, 6) is 1.03. The fourth-order valence-electron chi connectivity index (χ4n) is 4.44. The molecule has 1 aliphatic carbocycles. The zero-order valence-corrected chi connectivity index (χ0v) is 15.0. The van der Waals surface area contributed by atoms with Crippen LogP contribution in [0.1, 0.15) is 41.6 Å². The number of fused-ring (bicyclic) bond motifs is 1. The Labute approximate surface area is 153 Å². The van der Waals surface area contributed by atoms with E-state index in [-0.39, 0.29) is 23.5 Å². The summed E-state index contributed by atoms with van der Waals surface area (Å²) in [6.45, 7) is 4.09. The molecule has 0 radical (unpaired) electrons. The van der Waals surface area contributed by atoms with Gasteiger partial charge in [-0.3, -0.25) is 9.59 Å². The second kappa shape index (κ2) is 7.27. The Bertz CT molecular complexity index is 691. The summed E-state index contributed by atoms with van der Waals surface area (Å²) in [6.07, 6.45) is 3.81. The number of ether oxygens (including phenoxy) is 1. The lowest BCUT2D eigenvalue weighted by molar-refractivity contribution is -0.141. The zero-order chi connectivity index (χ0) is 18.1. The predicted molar refractivity (Wildman–Crippen MR) is 95.7 cm³/mol. The molecular weight excluding hydrogens is 332 g/mol. The molecule has 1 N–H and O–H groups in total. The summed E-state index contributed by atoms with van der Waals surface area (Å²) in [4.78, 5) is 29.0. The standard InChI is InChI=1S/C20H26N2O4/c23-17-6-5-16-13-22(20(25)18(16)11-17)12-14-1-3-15(4-2-14)19(24)21-7-9-26-10-8-21/h5-6,11,14-15,23H,1-4,7-10,12-13H2. The molecule has 1 saturated heterocycles. The Morgan fingerprint density at radius 3 is 2.62 bits per heavy atom. The van der Waals surface area contributed by atoms with E-state index in [1.165, 1.54) is 0 Å². The molecule has 2 heterocycles. The number of aromatic hydroxyl groups is 1. The van der Waals surface area contributed by atoms with Crippen molar-refractivity contribution >= 4 is 11.8 Å². The van der Waals surface area contributed by atoms with Crippen LogP contribution in [0.15, 0.2) is 18.2 Å². The number of carbonyl (C=O) groups is 2. The SMILES string of the molecule is O=C1c2cc(O)ccc2CN1CC1CCC(C(=O)N2CCOCC2)CC1. The third-order valence-corrected chi connectivity index (χ3v) is 5.97. The Kier molecular flexibility index (Phi) is 4.85. The van der Waals surface area contributed by atoms with Crippen LogP contribution in [-0.2, 0) is 16.1 Å². The second-order valence-corrected chi connectivity index (χ2v) is 7.68. The summed E-state index contributed by atoms with van der Waals surface area (Å²) in [7, 11) is 0. The minimum absolute atomic E-state index is 0.0161. The number of phenolic OH excluding ortho intramolecular Hbond substituents is 1. The van der Waals surface area contributed by atoms with E-state index in [9.17, 15) is 14.7 Å². The van der Waals surface area contributed by atoms with Crippen molar-refractivity contribution in [1.82, 2.24) is 9.80 Å². The van der Waals surface area contributed by atoms with E-state index in [1.54, 1.807) is 12.1 Å². The maximum Gasteiger partial charge on any atom is 0.254 e. The third kappa shape index (κ3) is 3.43. The third-order valence-electron chi connectivity index (χ3n) is 5.97. The molecule has 6 nitrogen and oxygen atoms in total. The highest BCUT2D eigenvalue weighted by Crippen LogP contribution is 2.33. The molecular formula is C20H26N2O4. The van der Waals surface area contributed by atoms with E-state index in [4.69, 9.17) is 4.74 Å². The molecule has 26 heavy (non-hydrogen) atoms. The maximum absolute atomic E-state index is 12.6. The molecule has 1 saturated carbocycles. The molecule has 0 atom stereocenters. The molecule has 2 fully saturated rings. The monoisotopic (exact) mass is 358 g/mol. The molecule has 0 spiro atoms. The van der Waals surface area contributed by atoms with Gasteiger partial charge in [-0.2, -0.15) is 0 Å². The molecule has 1 aromatic rings. The number of benzene rings is 1. The van der Waals surface area contributed by atoms with Gasteiger partial charge >= 0.3 is 0 Å². The van der Waals surface area contributed by atoms with Crippen molar-refractivity contribution in [2.24, 2.45) is 11.8 Å². The zero-order valence-electron chi connectivity index (χ0n) is 15.0. The largest absolute Gasteiger partial charge is 0.508 e. The first-order valence-electron chi connectivity index (χ1n) is 9.59. The van der Waals surface area contributed by atoms with Gasteiger partial charge in [-0.25, -0.2) is 0 Å². The number of nitrogens with zero attached hydrogens (tertiary/aromatic N) is 2. The van der Waals surface area contributed by atoms with Crippen LogP contribution in [0.25, 0.3) is 0 Å². The molecule has 0 bridgehead atoms. The van der Waals surface area contributed by atoms with Crippen LogP contribution >= 0.6 is 0 Å². The van der Waals surface area contributed by atoms with Gasteiger partial charge in [0.1, 0.15) is 5.75 Å². The summed E-state index contributed by atoms with van der Waals surface area (Å²) >= 11 is 0. The minimum Gasteiger partial charge on any atom is -0.508 e. The molecule has 3 aliphatic rings. The molecule has 0 aromatic heterocycles. The van der Waals surface area contributed by atoms with E-state index in [0.29, 0.717) is 44.3 Å². The topological polar surface area (TPSA) is 70.1 Å². The van der Waals surface area contributed by atoms with Crippen molar-refractivity contribution in [2.75, 3.05) is 32.8 Å². The number of phenols is 1. The van der Waals surface area contributed by atoms with Gasteiger partial charge in [-0.15, -0.1) is 0 Å². The molecule has 140 valence electrons. The normalized spacial score (nSPS) is 26.1. The Morgan fingerprint density at radius 2 is 1.88 bits per heavy atom. The fourth-order valence-corrected chi connectivity index (χ4v) is 4.44. The first kappa shape index (κ1) is 17.3. The first-order valence-corrected chi connectivity index (χ1v) is 9.59. The quantitative estimate of drug-likeness (QED) is 0.897. The van der Waals surface area contributed by atoms with Gasteiger partial charge in [-0.05, 0) is 49.3 Å². The fraction of sp³-hybridized carbons (Fsp3) is 0.600. The smallest absolute Gasteiger partial charge is 0.254 e. The molecule has 1 aromatic carbocycles. The van der Waals surface area contributed by atoms with Crippen molar-refractivity contribution in [1.29, 1.82) is 0 Å². The van der Waals surface area contributed by atoms with E-state index < -0.39 is 0 Å². The average Bonchev–Trinajstić information content (AvgIpc) is 2.98.